The number of fused-ring (bicyclic) bond motifs is 1. The maximum atomic E-state index is 12.1. The number of carbonyl (C=O) groups is 1. The Balaban J connectivity index is 0.00000161. The molecule has 6 heteroatoms. The Kier molecular flexibility index (Phi) is 5.50. The highest BCUT2D eigenvalue weighted by atomic mass is 35.5. The number of rotatable bonds is 3. The van der Waals surface area contributed by atoms with E-state index in [-0.39, 0.29) is 24.4 Å². The van der Waals surface area contributed by atoms with Gasteiger partial charge >= 0.3 is 0 Å². The molecule has 0 radical (unpaired) electrons. The highest BCUT2D eigenvalue weighted by Gasteiger charge is 2.15. The minimum atomic E-state index is -0.0788. The second kappa shape index (κ2) is 7.36. The Bertz CT molecular complexity index is 615. The third-order valence-electron chi connectivity index (χ3n) is 3.36. The lowest BCUT2D eigenvalue weighted by Crippen LogP contribution is -2.45. The first-order valence-corrected chi connectivity index (χ1v) is 6.78. The Morgan fingerprint density at radius 1 is 1.43 bits per heavy atom. The predicted molar refractivity (Wildman–Crippen MR) is 83.9 cm³/mol. The third kappa shape index (κ3) is 3.91. The van der Waals surface area contributed by atoms with E-state index in [4.69, 9.17) is 4.74 Å². The van der Waals surface area contributed by atoms with E-state index in [0.29, 0.717) is 18.7 Å². The van der Waals surface area contributed by atoms with E-state index in [0.717, 1.165) is 24.0 Å². The molecule has 0 saturated carbocycles. The van der Waals surface area contributed by atoms with Crippen LogP contribution < -0.4 is 10.6 Å². The van der Waals surface area contributed by atoms with Crippen molar-refractivity contribution in [2.75, 3.05) is 26.2 Å². The number of hydrogen-bond acceptors (Lipinski definition) is 4. The molecular weight excluding hydrogens is 290 g/mol. The molecule has 0 spiro atoms. The standard InChI is InChI=1S/C15H17N3O2.ClH/c19-15(18-10-13-9-16-6-7-20-13)12-3-4-14-11(8-12)2-1-5-17-14;/h1-5,8,13,16H,6-7,9-10H2,(H,18,19);1H. The Labute approximate surface area is 129 Å². The summed E-state index contributed by atoms with van der Waals surface area (Å²) in [6, 6.07) is 9.34. The molecule has 112 valence electrons. The van der Waals surface area contributed by atoms with Crippen molar-refractivity contribution in [2.45, 2.75) is 6.10 Å². The molecule has 0 bridgehead atoms. The van der Waals surface area contributed by atoms with Crippen LogP contribution in [0.5, 0.6) is 0 Å². The number of carbonyl (C=O) groups excluding carboxylic acids is 1. The molecule has 1 unspecified atom stereocenters. The molecule has 0 aliphatic carbocycles. The zero-order valence-electron chi connectivity index (χ0n) is 11.5. The fourth-order valence-electron chi connectivity index (χ4n) is 2.28. The fraction of sp³-hybridized carbons (Fsp3) is 0.333. The summed E-state index contributed by atoms with van der Waals surface area (Å²) in [5.74, 6) is -0.0788. The summed E-state index contributed by atoms with van der Waals surface area (Å²) in [7, 11) is 0. The lowest BCUT2D eigenvalue weighted by atomic mass is 10.1. The molecule has 1 aromatic carbocycles. The van der Waals surface area contributed by atoms with Gasteiger partial charge in [0.2, 0.25) is 0 Å². The van der Waals surface area contributed by atoms with Crippen LogP contribution in [0.25, 0.3) is 10.9 Å². The number of amides is 1. The molecule has 1 aliphatic rings. The summed E-state index contributed by atoms with van der Waals surface area (Å²) >= 11 is 0. The molecule has 1 fully saturated rings. The zero-order chi connectivity index (χ0) is 13.8. The summed E-state index contributed by atoms with van der Waals surface area (Å²) in [6.45, 7) is 2.88. The summed E-state index contributed by atoms with van der Waals surface area (Å²) < 4.78 is 5.55. The summed E-state index contributed by atoms with van der Waals surface area (Å²) in [5.41, 5.74) is 1.54. The number of aromatic nitrogens is 1. The maximum Gasteiger partial charge on any atom is 0.251 e. The molecule has 21 heavy (non-hydrogen) atoms. The van der Waals surface area contributed by atoms with Crippen LogP contribution >= 0.6 is 12.4 Å². The first-order chi connectivity index (χ1) is 9.83. The predicted octanol–water partition coefficient (Wildman–Crippen LogP) is 1.37. The van der Waals surface area contributed by atoms with E-state index in [9.17, 15) is 4.79 Å². The lowest BCUT2D eigenvalue weighted by Gasteiger charge is -2.23. The Hall–Kier alpha value is -1.69. The van der Waals surface area contributed by atoms with Gasteiger partial charge in [-0.15, -0.1) is 12.4 Å². The van der Waals surface area contributed by atoms with E-state index >= 15 is 0 Å². The molecule has 5 nitrogen and oxygen atoms in total. The SMILES string of the molecule is Cl.O=C(NCC1CNCCO1)c1ccc2ncccc2c1. The smallest absolute Gasteiger partial charge is 0.251 e. The zero-order valence-corrected chi connectivity index (χ0v) is 12.4. The number of pyridine rings is 1. The Morgan fingerprint density at radius 2 is 2.33 bits per heavy atom. The van der Waals surface area contributed by atoms with Crippen molar-refractivity contribution in [2.24, 2.45) is 0 Å². The van der Waals surface area contributed by atoms with Crippen molar-refractivity contribution >= 4 is 29.2 Å². The van der Waals surface area contributed by atoms with Gasteiger partial charge in [0.05, 0.1) is 18.2 Å². The number of ether oxygens (including phenoxy) is 1. The number of benzene rings is 1. The minimum absolute atomic E-state index is 0. The minimum Gasteiger partial charge on any atom is -0.374 e. The molecule has 1 atom stereocenters. The van der Waals surface area contributed by atoms with Gasteiger partial charge < -0.3 is 15.4 Å². The summed E-state index contributed by atoms with van der Waals surface area (Å²) in [6.07, 6.45) is 1.80. The van der Waals surface area contributed by atoms with Gasteiger partial charge in [0.25, 0.3) is 5.91 Å². The fourth-order valence-corrected chi connectivity index (χ4v) is 2.28. The van der Waals surface area contributed by atoms with E-state index in [2.05, 4.69) is 15.6 Å². The molecule has 1 amide bonds. The average molecular weight is 308 g/mol. The first kappa shape index (κ1) is 15.7. The number of nitrogens with one attached hydrogen (secondary N) is 2. The van der Waals surface area contributed by atoms with Crippen molar-refractivity contribution in [3.05, 3.63) is 42.1 Å². The van der Waals surface area contributed by atoms with Crippen molar-refractivity contribution in [1.29, 1.82) is 0 Å². The van der Waals surface area contributed by atoms with Gasteiger partial charge in [-0.1, -0.05) is 6.07 Å². The number of nitrogens with zero attached hydrogens (tertiary/aromatic N) is 1. The first-order valence-electron chi connectivity index (χ1n) is 6.78. The molecule has 2 N–H and O–H groups in total. The maximum absolute atomic E-state index is 12.1. The van der Waals surface area contributed by atoms with Crippen LogP contribution in [0.15, 0.2) is 36.5 Å². The molecule has 1 aliphatic heterocycles. The van der Waals surface area contributed by atoms with Gasteiger partial charge in [-0.05, 0) is 24.3 Å². The number of halogens is 1. The van der Waals surface area contributed by atoms with Gasteiger partial charge in [-0.25, -0.2) is 0 Å². The van der Waals surface area contributed by atoms with Crippen LogP contribution in [0.3, 0.4) is 0 Å². The highest BCUT2D eigenvalue weighted by molar-refractivity contribution is 5.97. The van der Waals surface area contributed by atoms with Crippen molar-refractivity contribution in [1.82, 2.24) is 15.6 Å². The van der Waals surface area contributed by atoms with Crippen LogP contribution in [0.1, 0.15) is 10.4 Å². The monoisotopic (exact) mass is 307 g/mol. The van der Waals surface area contributed by atoms with Crippen molar-refractivity contribution in [3.63, 3.8) is 0 Å². The van der Waals surface area contributed by atoms with Crippen LogP contribution in [0.4, 0.5) is 0 Å². The van der Waals surface area contributed by atoms with E-state index in [1.807, 2.05) is 24.3 Å². The van der Waals surface area contributed by atoms with Crippen LogP contribution in [-0.4, -0.2) is 43.2 Å². The van der Waals surface area contributed by atoms with E-state index < -0.39 is 0 Å². The van der Waals surface area contributed by atoms with E-state index in [1.165, 1.54) is 0 Å². The second-order valence-electron chi connectivity index (χ2n) is 4.82. The molecule has 1 aromatic heterocycles. The molecule has 2 aromatic rings. The van der Waals surface area contributed by atoms with Crippen LogP contribution in [-0.2, 0) is 4.74 Å². The highest BCUT2D eigenvalue weighted by Crippen LogP contribution is 2.13. The van der Waals surface area contributed by atoms with Crippen LogP contribution in [0, 0.1) is 0 Å². The third-order valence-corrected chi connectivity index (χ3v) is 3.36. The van der Waals surface area contributed by atoms with Gasteiger partial charge in [0, 0.05) is 36.8 Å². The molecular formula is C15H18ClN3O2. The van der Waals surface area contributed by atoms with Gasteiger partial charge in [-0.3, -0.25) is 9.78 Å². The quantitative estimate of drug-likeness (QED) is 0.899. The molecule has 2 heterocycles. The molecule has 3 rings (SSSR count). The normalized spacial score (nSPS) is 18.0. The topological polar surface area (TPSA) is 63.2 Å². The number of morpholine rings is 1. The number of hydrogen-bond donors (Lipinski definition) is 2. The summed E-state index contributed by atoms with van der Waals surface area (Å²) in [4.78, 5) is 16.4. The Morgan fingerprint density at radius 3 is 3.14 bits per heavy atom. The largest absolute Gasteiger partial charge is 0.374 e. The van der Waals surface area contributed by atoms with Gasteiger partial charge in [0.15, 0.2) is 0 Å². The molecule has 1 saturated heterocycles. The van der Waals surface area contributed by atoms with E-state index in [1.54, 1.807) is 12.3 Å². The second-order valence-corrected chi connectivity index (χ2v) is 4.82. The average Bonchev–Trinajstić information content (AvgIpc) is 2.53. The summed E-state index contributed by atoms with van der Waals surface area (Å²) in [5, 5.41) is 7.12. The van der Waals surface area contributed by atoms with Crippen molar-refractivity contribution in [3.8, 4) is 0 Å². The van der Waals surface area contributed by atoms with Crippen molar-refractivity contribution < 1.29 is 9.53 Å². The van der Waals surface area contributed by atoms with Crippen LogP contribution in [0.2, 0.25) is 0 Å². The van der Waals surface area contributed by atoms with Gasteiger partial charge in [0.1, 0.15) is 0 Å². The van der Waals surface area contributed by atoms with Gasteiger partial charge in [-0.2, -0.15) is 0 Å². The lowest BCUT2D eigenvalue weighted by molar-refractivity contribution is 0.0287.